The number of carbonyl (C=O) groups is 1. The third kappa shape index (κ3) is 3.84. The molecule has 0 fully saturated rings. The molecule has 0 aliphatic rings. The third-order valence-corrected chi connectivity index (χ3v) is 3.49. The fourth-order valence-corrected chi connectivity index (χ4v) is 2.17. The van der Waals surface area contributed by atoms with Crippen LogP contribution in [0.2, 0.25) is 0 Å². The molecular weight excluding hydrogens is 308 g/mol. The molecule has 2 rings (SSSR count). The second kappa shape index (κ2) is 8.01. The van der Waals surface area contributed by atoms with E-state index in [-0.39, 0.29) is 5.91 Å². The highest BCUT2D eigenvalue weighted by atomic mass is 16.5. The molecule has 1 N–H and O–H groups in total. The normalized spacial score (nSPS) is 10.5. The molecule has 0 heterocycles. The Morgan fingerprint density at radius 2 is 1.67 bits per heavy atom. The van der Waals surface area contributed by atoms with Crippen LogP contribution in [0.4, 0.5) is 0 Å². The van der Waals surface area contributed by atoms with E-state index in [2.05, 4.69) is 10.5 Å². The van der Waals surface area contributed by atoms with Gasteiger partial charge in [-0.25, -0.2) is 5.43 Å². The van der Waals surface area contributed by atoms with Crippen LogP contribution in [-0.4, -0.2) is 33.5 Å². The Morgan fingerprint density at radius 3 is 2.21 bits per heavy atom. The minimum atomic E-state index is -0.376. The molecule has 1 amide bonds. The summed E-state index contributed by atoms with van der Waals surface area (Å²) in [4.78, 5) is 12.3. The van der Waals surface area contributed by atoms with E-state index in [1.165, 1.54) is 21.3 Å². The van der Waals surface area contributed by atoms with Gasteiger partial charge in [0.2, 0.25) is 5.75 Å². The molecule has 6 nitrogen and oxygen atoms in total. The number of hydrogen-bond acceptors (Lipinski definition) is 5. The average Bonchev–Trinajstić information content (AvgIpc) is 2.61. The molecule has 0 spiro atoms. The van der Waals surface area contributed by atoms with Gasteiger partial charge in [-0.15, -0.1) is 0 Å². The first-order chi connectivity index (χ1) is 11.6. The second-order valence-electron chi connectivity index (χ2n) is 4.97. The van der Waals surface area contributed by atoms with Gasteiger partial charge in [0.25, 0.3) is 5.91 Å². The van der Waals surface area contributed by atoms with Crippen LogP contribution in [0.3, 0.4) is 0 Å². The van der Waals surface area contributed by atoms with Crippen LogP contribution in [0.5, 0.6) is 17.2 Å². The summed E-state index contributed by atoms with van der Waals surface area (Å²) in [6.07, 6.45) is 1.60. The van der Waals surface area contributed by atoms with E-state index in [1.807, 2.05) is 31.2 Å². The van der Waals surface area contributed by atoms with Crippen molar-refractivity contribution in [2.45, 2.75) is 6.92 Å². The number of methoxy groups -OCH3 is 3. The third-order valence-electron chi connectivity index (χ3n) is 3.49. The van der Waals surface area contributed by atoms with Gasteiger partial charge in [0.1, 0.15) is 0 Å². The summed E-state index contributed by atoms with van der Waals surface area (Å²) in [5, 5.41) is 3.99. The number of benzene rings is 2. The molecule has 0 aliphatic carbocycles. The fraction of sp³-hybridized carbons (Fsp3) is 0.222. The number of nitrogens with zero attached hydrogens (tertiary/aromatic N) is 1. The molecule has 0 saturated heterocycles. The monoisotopic (exact) mass is 328 g/mol. The van der Waals surface area contributed by atoms with Crippen molar-refractivity contribution in [3.05, 3.63) is 53.1 Å². The lowest BCUT2D eigenvalue weighted by Crippen LogP contribution is -2.18. The zero-order chi connectivity index (χ0) is 17.5. The lowest BCUT2D eigenvalue weighted by Gasteiger charge is -2.13. The Bertz CT molecular complexity index is 731. The van der Waals surface area contributed by atoms with Gasteiger partial charge in [0, 0.05) is 5.56 Å². The zero-order valence-corrected chi connectivity index (χ0v) is 14.1. The highest BCUT2D eigenvalue weighted by Crippen LogP contribution is 2.38. The molecule has 2 aromatic carbocycles. The van der Waals surface area contributed by atoms with Gasteiger partial charge in [-0.3, -0.25) is 4.79 Å². The van der Waals surface area contributed by atoms with Gasteiger partial charge < -0.3 is 14.2 Å². The lowest BCUT2D eigenvalue weighted by atomic mass is 10.1. The van der Waals surface area contributed by atoms with Gasteiger partial charge in [-0.05, 0) is 30.2 Å². The standard InChI is InChI=1S/C18H20N2O4/c1-12-7-5-6-8-13(12)11-19-20-18(21)14-9-15(22-2)17(24-4)16(10-14)23-3/h5-11H,1-4H3,(H,20,21)/b19-11+. The maximum Gasteiger partial charge on any atom is 0.271 e. The summed E-state index contributed by atoms with van der Waals surface area (Å²) < 4.78 is 15.7. The first-order valence-electron chi connectivity index (χ1n) is 7.29. The van der Waals surface area contributed by atoms with E-state index < -0.39 is 0 Å². The summed E-state index contributed by atoms with van der Waals surface area (Å²) in [6.45, 7) is 1.97. The highest BCUT2D eigenvalue weighted by Gasteiger charge is 2.16. The first-order valence-corrected chi connectivity index (χ1v) is 7.29. The van der Waals surface area contributed by atoms with E-state index in [0.29, 0.717) is 22.8 Å². The predicted molar refractivity (Wildman–Crippen MR) is 92.3 cm³/mol. The van der Waals surface area contributed by atoms with Crippen molar-refractivity contribution in [1.82, 2.24) is 5.43 Å². The van der Waals surface area contributed by atoms with Gasteiger partial charge >= 0.3 is 0 Å². The molecule has 0 radical (unpaired) electrons. The van der Waals surface area contributed by atoms with Crippen LogP contribution in [0.1, 0.15) is 21.5 Å². The number of hydrazone groups is 1. The summed E-state index contributed by atoms with van der Waals surface area (Å²) >= 11 is 0. The summed E-state index contributed by atoms with van der Waals surface area (Å²) in [6, 6.07) is 10.9. The van der Waals surface area contributed by atoms with Crippen LogP contribution in [0, 0.1) is 6.92 Å². The van der Waals surface area contributed by atoms with E-state index in [0.717, 1.165) is 11.1 Å². The molecule has 24 heavy (non-hydrogen) atoms. The minimum absolute atomic E-state index is 0.353. The second-order valence-corrected chi connectivity index (χ2v) is 4.97. The molecule has 0 atom stereocenters. The lowest BCUT2D eigenvalue weighted by molar-refractivity contribution is 0.0954. The molecule has 0 aromatic heterocycles. The number of aryl methyl sites for hydroxylation is 1. The summed E-state index contributed by atoms with van der Waals surface area (Å²) in [5.74, 6) is 0.869. The number of hydrogen-bond donors (Lipinski definition) is 1. The van der Waals surface area contributed by atoms with Crippen LogP contribution in [0.15, 0.2) is 41.5 Å². The molecule has 0 unspecified atom stereocenters. The zero-order valence-electron chi connectivity index (χ0n) is 14.1. The summed E-state index contributed by atoms with van der Waals surface area (Å²) in [7, 11) is 4.50. The van der Waals surface area contributed by atoms with Crippen LogP contribution >= 0.6 is 0 Å². The first kappa shape index (κ1) is 17.3. The number of carbonyl (C=O) groups excluding carboxylic acids is 1. The maximum absolute atomic E-state index is 12.3. The maximum atomic E-state index is 12.3. The smallest absolute Gasteiger partial charge is 0.271 e. The Balaban J connectivity index is 2.19. The topological polar surface area (TPSA) is 69.2 Å². The van der Waals surface area contributed by atoms with Crippen LogP contribution in [-0.2, 0) is 0 Å². The van der Waals surface area contributed by atoms with E-state index in [4.69, 9.17) is 14.2 Å². The molecule has 0 aliphatic heterocycles. The van der Waals surface area contributed by atoms with Crippen molar-refractivity contribution in [2.24, 2.45) is 5.10 Å². The Kier molecular flexibility index (Phi) is 5.78. The van der Waals surface area contributed by atoms with Crippen molar-refractivity contribution in [3.8, 4) is 17.2 Å². The Morgan fingerprint density at radius 1 is 1.04 bits per heavy atom. The van der Waals surface area contributed by atoms with Crippen molar-refractivity contribution in [2.75, 3.05) is 21.3 Å². The van der Waals surface area contributed by atoms with Crippen molar-refractivity contribution >= 4 is 12.1 Å². The van der Waals surface area contributed by atoms with Crippen LogP contribution < -0.4 is 19.6 Å². The van der Waals surface area contributed by atoms with Crippen molar-refractivity contribution < 1.29 is 19.0 Å². The predicted octanol–water partition coefficient (Wildman–Crippen LogP) is 2.78. The quantitative estimate of drug-likeness (QED) is 0.654. The molecule has 6 heteroatoms. The van der Waals surface area contributed by atoms with Gasteiger partial charge in [0.05, 0.1) is 27.5 Å². The van der Waals surface area contributed by atoms with Gasteiger partial charge in [-0.2, -0.15) is 5.10 Å². The van der Waals surface area contributed by atoms with Crippen molar-refractivity contribution in [3.63, 3.8) is 0 Å². The number of ether oxygens (including phenoxy) is 3. The van der Waals surface area contributed by atoms with Crippen molar-refractivity contribution in [1.29, 1.82) is 0 Å². The van der Waals surface area contributed by atoms with Crippen LogP contribution in [0.25, 0.3) is 0 Å². The molecular formula is C18H20N2O4. The van der Waals surface area contributed by atoms with Gasteiger partial charge in [-0.1, -0.05) is 24.3 Å². The number of rotatable bonds is 6. The SMILES string of the molecule is COc1cc(C(=O)N/N=C/c2ccccc2C)cc(OC)c1OC. The molecule has 0 saturated carbocycles. The Hall–Kier alpha value is -3.02. The largest absolute Gasteiger partial charge is 0.493 e. The molecule has 0 bridgehead atoms. The highest BCUT2D eigenvalue weighted by molar-refractivity contribution is 5.96. The van der Waals surface area contributed by atoms with E-state index in [1.54, 1.807) is 18.3 Å². The average molecular weight is 328 g/mol. The Labute approximate surface area is 141 Å². The minimum Gasteiger partial charge on any atom is -0.493 e. The molecule has 2 aromatic rings. The van der Waals surface area contributed by atoms with E-state index in [9.17, 15) is 4.79 Å². The summed E-state index contributed by atoms with van der Waals surface area (Å²) in [5.41, 5.74) is 4.85. The number of nitrogens with one attached hydrogen (secondary N) is 1. The van der Waals surface area contributed by atoms with Gasteiger partial charge in [0.15, 0.2) is 11.5 Å². The fourth-order valence-electron chi connectivity index (χ4n) is 2.17. The van der Waals surface area contributed by atoms with E-state index >= 15 is 0 Å². The number of amides is 1. The molecule has 126 valence electrons.